The number of hydrogen-bond acceptors (Lipinski definition) is 2. The third-order valence-electron chi connectivity index (χ3n) is 4.25. The maximum Gasteiger partial charge on any atom is 0.239 e. The van der Waals surface area contributed by atoms with E-state index in [9.17, 15) is 9.59 Å². The number of amides is 2. The molecule has 4 nitrogen and oxygen atoms in total. The molecule has 0 saturated carbocycles. The van der Waals surface area contributed by atoms with Gasteiger partial charge in [0.1, 0.15) is 0 Å². The molecule has 2 aromatic rings. The Morgan fingerprint density at radius 3 is 1.81 bits per heavy atom. The molecule has 0 spiro atoms. The van der Waals surface area contributed by atoms with Crippen LogP contribution in [0.15, 0.2) is 60.7 Å². The molecule has 2 aromatic carbocycles. The lowest BCUT2D eigenvalue weighted by atomic mass is 9.88. The molecular formula is C22H28N2O2. The minimum absolute atomic E-state index is 0.0114. The van der Waals surface area contributed by atoms with Gasteiger partial charge in [-0.2, -0.15) is 0 Å². The summed E-state index contributed by atoms with van der Waals surface area (Å²) in [7, 11) is 0. The summed E-state index contributed by atoms with van der Waals surface area (Å²) in [5.74, 6) is -0.0663. The van der Waals surface area contributed by atoms with Crippen molar-refractivity contribution in [1.29, 1.82) is 0 Å². The number of carbonyl (C=O) groups is 2. The predicted octanol–water partition coefficient (Wildman–Crippen LogP) is 3.49. The highest BCUT2D eigenvalue weighted by Gasteiger charge is 2.21. The van der Waals surface area contributed by atoms with E-state index in [4.69, 9.17) is 0 Å². The van der Waals surface area contributed by atoms with E-state index in [0.717, 1.165) is 6.42 Å². The van der Waals surface area contributed by atoms with Crippen LogP contribution in [0.3, 0.4) is 0 Å². The Labute approximate surface area is 156 Å². The maximum atomic E-state index is 12.0. The van der Waals surface area contributed by atoms with Gasteiger partial charge in [-0.05, 0) is 17.5 Å². The zero-order valence-corrected chi connectivity index (χ0v) is 15.8. The molecule has 26 heavy (non-hydrogen) atoms. The number of benzene rings is 2. The lowest BCUT2D eigenvalue weighted by Gasteiger charge is -2.19. The average Bonchev–Trinajstić information content (AvgIpc) is 2.64. The van der Waals surface area contributed by atoms with Crippen molar-refractivity contribution in [3.8, 4) is 0 Å². The Hall–Kier alpha value is -2.62. The van der Waals surface area contributed by atoms with Gasteiger partial charge in [0.2, 0.25) is 11.8 Å². The third-order valence-corrected chi connectivity index (χ3v) is 4.25. The van der Waals surface area contributed by atoms with Crippen LogP contribution in [0, 0.1) is 5.41 Å². The van der Waals surface area contributed by atoms with E-state index in [-0.39, 0.29) is 24.3 Å². The second-order valence-electron chi connectivity index (χ2n) is 7.45. The highest BCUT2D eigenvalue weighted by atomic mass is 16.2. The molecular weight excluding hydrogens is 324 g/mol. The van der Waals surface area contributed by atoms with Crippen LogP contribution in [-0.2, 0) is 9.59 Å². The quantitative estimate of drug-likeness (QED) is 0.801. The summed E-state index contributed by atoms with van der Waals surface area (Å²) >= 11 is 0. The van der Waals surface area contributed by atoms with Gasteiger partial charge in [0.25, 0.3) is 0 Å². The molecule has 138 valence electrons. The summed E-state index contributed by atoms with van der Waals surface area (Å²) < 4.78 is 0. The van der Waals surface area contributed by atoms with Crippen molar-refractivity contribution in [3.05, 3.63) is 71.8 Å². The summed E-state index contributed by atoms with van der Waals surface area (Å²) in [6.07, 6.45) is 0.799. The molecule has 0 fully saturated rings. The first-order chi connectivity index (χ1) is 12.4. The first-order valence-corrected chi connectivity index (χ1v) is 9.03. The molecule has 2 rings (SSSR count). The van der Waals surface area contributed by atoms with Gasteiger partial charge in [0.05, 0.1) is 6.54 Å². The molecule has 4 heteroatoms. The van der Waals surface area contributed by atoms with Gasteiger partial charge in [0.15, 0.2) is 0 Å². The van der Waals surface area contributed by atoms with Crippen molar-refractivity contribution in [2.24, 2.45) is 5.41 Å². The van der Waals surface area contributed by atoms with Crippen LogP contribution < -0.4 is 10.6 Å². The van der Waals surface area contributed by atoms with Crippen LogP contribution in [0.25, 0.3) is 0 Å². The Kier molecular flexibility index (Phi) is 6.96. The summed E-state index contributed by atoms with van der Waals surface area (Å²) in [6.45, 7) is 6.04. The number of hydrogen-bond donors (Lipinski definition) is 2. The van der Waals surface area contributed by atoms with E-state index >= 15 is 0 Å². The lowest BCUT2D eigenvalue weighted by Crippen LogP contribution is -2.42. The first kappa shape index (κ1) is 19.7. The van der Waals surface area contributed by atoms with E-state index in [1.807, 2.05) is 57.2 Å². The highest BCUT2D eigenvalue weighted by molar-refractivity contribution is 5.87. The first-order valence-electron chi connectivity index (χ1n) is 9.03. The van der Waals surface area contributed by atoms with E-state index in [1.54, 1.807) is 0 Å². The van der Waals surface area contributed by atoms with E-state index in [2.05, 4.69) is 34.9 Å². The number of nitrogens with one attached hydrogen (secondary N) is 2. The van der Waals surface area contributed by atoms with Gasteiger partial charge in [-0.1, -0.05) is 81.4 Å². The summed E-state index contributed by atoms with van der Waals surface area (Å²) in [6, 6.07) is 20.6. The van der Waals surface area contributed by atoms with Crippen LogP contribution in [-0.4, -0.2) is 24.9 Å². The molecule has 0 aliphatic rings. The number of rotatable bonds is 7. The Balaban J connectivity index is 1.90. The van der Waals surface area contributed by atoms with E-state index in [1.165, 1.54) is 11.1 Å². The predicted molar refractivity (Wildman–Crippen MR) is 105 cm³/mol. The molecule has 0 saturated heterocycles. The van der Waals surface area contributed by atoms with E-state index in [0.29, 0.717) is 6.54 Å². The van der Waals surface area contributed by atoms with Gasteiger partial charge in [-0.15, -0.1) is 0 Å². The standard InChI is InChI=1S/C22H28N2O2/c1-22(2,3)21(26)24-16-20(25)23-15-14-19(17-10-6-4-7-11-17)18-12-8-5-9-13-18/h4-13,19H,14-16H2,1-3H3,(H,23,25)(H,24,26). The van der Waals surface area contributed by atoms with Crippen molar-refractivity contribution < 1.29 is 9.59 Å². The molecule has 2 amide bonds. The van der Waals surface area contributed by atoms with Crippen LogP contribution in [0.5, 0.6) is 0 Å². The summed E-state index contributed by atoms with van der Waals surface area (Å²) in [4.78, 5) is 23.8. The molecule has 0 atom stereocenters. The van der Waals surface area contributed by atoms with Gasteiger partial charge >= 0.3 is 0 Å². The van der Waals surface area contributed by atoms with Gasteiger partial charge in [-0.3, -0.25) is 9.59 Å². The summed E-state index contributed by atoms with van der Waals surface area (Å²) in [5.41, 5.74) is 1.97. The molecule has 2 N–H and O–H groups in total. The molecule has 0 unspecified atom stereocenters. The van der Waals surface area contributed by atoms with Gasteiger partial charge < -0.3 is 10.6 Å². The number of carbonyl (C=O) groups excluding carboxylic acids is 2. The second-order valence-corrected chi connectivity index (χ2v) is 7.45. The fraction of sp³-hybridized carbons (Fsp3) is 0.364. The highest BCUT2D eigenvalue weighted by Crippen LogP contribution is 2.27. The monoisotopic (exact) mass is 352 g/mol. The largest absolute Gasteiger partial charge is 0.355 e. The zero-order chi connectivity index (χ0) is 19.0. The Morgan fingerprint density at radius 2 is 1.35 bits per heavy atom. The average molecular weight is 352 g/mol. The van der Waals surface area contributed by atoms with Crippen LogP contribution in [0.2, 0.25) is 0 Å². The van der Waals surface area contributed by atoms with Gasteiger partial charge in [0, 0.05) is 17.9 Å². The lowest BCUT2D eigenvalue weighted by molar-refractivity contribution is -0.131. The van der Waals surface area contributed by atoms with Crippen LogP contribution >= 0.6 is 0 Å². The molecule has 0 heterocycles. The Morgan fingerprint density at radius 1 is 0.846 bits per heavy atom. The Bertz CT molecular complexity index is 666. The van der Waals surface area contributed by atoms with Crippen molar-refractivity contribution in [2.75, 3.05) is 13.1 Å². The minimum Gasteiger partial charge on any atom is -0.355 e. The molecule has 0 aliphatic heterocycles. The molecule has 0 aromatic heterocycles. The van der Waals surface area contributed by atoms with E-state index < -0.39 is 5.41 Å². The minimum atomic E-state index is -0.494. The maximum absolute atomic E-state index is 12.0. The molecule has 0 aliphatic carbocycles. The smallest absolute Gasteiger partial charge is 0.239 e. The normalized spacial score (nSPS) is 11.2. The fourth-order valence-electron chi connectivity index (χ4n) is 2.74. The second kappa shape index (κ2) is 9.18. The van der Waals surface area contributed by atoms with Crippen molar-refractivity contribution in [2.45, 2.75) is 33.1 Å². The van der Waals surface area contributed by atoms with Crippen molar-refractivity contribution in [1.82, 2.24) is 10.6 Å². The zero-order valence-electron chi connectivity index (χ0n) is 15.8. The van der Waals surface area contributed by atoms with Crippen molar-refractivity contribution in [3.63, 3.8) is 0 Å². The topological polar surface area (TPSA) is 58.2 Å². The SMILES string of the molecule is CC(C)(C)C(=O)NCC(=O)NCCC(c1ccccc1)c1ccccc1. The molecule has 0 radical (unpaired) electrons. The van der Waals surface area contributed by atoms with Crippen molar-refractivity contribution >= 4 is 11.8 Å². The fourth-order valence-corrected chi connectivity index (χ4v) is 2.74. The molecule has 0 bridgehead atoms. The third kappa shape index (κ3) is 6.03. The van der Waals surface area contributed by atoms with Gasteiger partial charge in [-0.25, -0.2) is 0 Å². The van der Waals surface area contributed by atoms with Crippen LogP contribution in [0.4, 0.5) is 0 Å². The van der Waals surface area contributed by atoms with Crippen LogP contribution in [0.1, 0.15) is 44.2 Å². The summed E-state index contributed by atoms with van der Waals surface area (Å²) in [5, 5.41) is 5.58.